The van der Waals surface area contributed by atoms with Crippen LogP contribution < -0.4 is 5.32 Å². The van der Waals surface area contributed by atoms with Gasteiger partial charge in [-0.05, 0) is 36.8 Å². The van der Waals surface area contributed by atoms with Gasteiger partial charge in [-0.3, -0.25) is 0 Å². The largest absolute Gasteiger partial charge is 0.381 e. The molecule has 84 valence electrons. The summed E-state index contributed by atoms with van der Waals surface area (Å²) in [6, 6.07) is 9.37. The Morgan fingerprint density at radius 1 is 1.31 bits per heavy atom. The van der Waals surface area contributed by atoms with E-state index in [0.717, 1.165) is 18.3 Å². The number of benzene rings is 1. The van der Waals surface area contributed by atoms with Crippen LogP contribution >= 0.6 is 0 Å². The normalized spacial score (nSPS) is 30.9. The molecule has 1 aromatic rings. The third-order valence-corrected chi connectivity index (χ3v) is 4.10. The van der Waals surface area contributed by atoms with Crippen molar-refractivity contribution in [3.05, 3.63) is 42.0 Å². The lowest BCUT2D eigenvalue weighted by atomic mass is 9.71. The second-order valence-corrected chi connectivity index (χ2v) is 5.00. The molecule has 2 aliphatic carbocycles. The van der Waals surface area contributed by atoms with Gasteiger partial charge in [0.05, 0.1) is 0 Å². The number of anilines is 1. The molecule has 0 bridgehead atoms. The number of rotatable bonds is 3. The Bertz CT molecular complexity index is 408. The standard InChI is InChI=1S/C15H19N/c1-2-11-6-3-4-9-14(11)16-15-10-12-7-5-8-13(12)15/h3-6,8-9,12-13,15-16H,2,7,10H2,1H3. The zero-order valence-electron chi connectivity index (χ0n) is 9.82. The topological polar surface area (TPSA) is 12.0 Å². The van der Waals surface area contributed by atoms with Crippen LogP contribution in [0.25, 0.3) is 0 Å². The maximum absolute atomic E-state index is 3.72. The highest BCUT2D eigenvalue weighted by molar-refractivity contribution is 5.52. The summed E-state index contributed by atoms with van der Waals surface area (Å²) in [7, 11) is 0. The van der Waals surface area contributed by atoms with Gasteiger partial charge in [-0.15, -0.1) is 0 Å². The van der Waals surface area contributed by atoms with Gasteiger partial charge in [-0.25, -0.2) is 0 Å². The smallest absolute Gasteiger partial charge is 0.0374 e. The Morgan fingerprint density at radius 3 is 3.00 bits per heavy atom. The summed E-state index contributed by atoms with van der Waals surface area (Å²) in [5.74, 6) is 1.73. The zero-order chi connectivity index (χ0) is 11.0. The first-order chi connectivity index (χ1) is 7.88. The van der Waals surface area contributed by atoms with E-state index in [9.17, 15) is 0 Å². The van der Waals surface area contributed by atoms with Crippen molar-refractivity contribution < 1.29 is 0 Å². The summed E-state index contributed by atoms with van der Waals surface area (Å²) in [6.07, 6.45) is 8.51. The number of allylic oxidation sites excluding steroid dienone is 1. The Balaban J connectivity index is 1.72. The molecule has 0 aromatic heterocycles. The van der Waals surface area contributed by atoms with E-state index in [1.165, 1.54) is 24.1 Å². The highest BCUT2D eigenvalue weighted by atomic mass is 15.0. The molecule has 2 aliphatic rings. The van der Waals surface area contributed by atoms with Gasteiger partial charge in [0.1, 0.15) is 0 Å². The highest BCUT2D eigenvalue weighted by Crippen LogP contribution is 2.44. The first kappa shape index (κ1) is 9.95. The fourth-order valence-electron chi connectivity index (χ4n) is 3.05. The molecule has 1 N–H and O–H groups in total. The van der Waals surface area contributed by atoms with Gasteiger partial charge < -0.3 is 5.32 Å². The molecule has 0 saturated heterocycles. The number of fused-ring (bicyclic) bond motifs is 1. The minimum atomic E-state index is 0.677. The van der Waals surface area contributed by atoms with Crippen molar-refractivity contribution in [2.75, 3.05) is 5.32 Å². The van der Waals surface area contributed by atoms with Crippen LogP contribution in [0.2, 0.25) is 0 Å². The quantitative estimate of drug-likeness (QED) is 0.756. The second kappa shape index (κ2) is 3.97. The fraction of sp³-hybridized carbons (Fsp3) is 0.467. The SMILES string of the molecule is CCc1ccccc1NC1CC2CC=CC21. The first-order valence-electron chi connectivity index (χ1n) is 6.39. The predicted molar refractivity (Wildman–Crippen MR) is 68.6 cm³/mol. The third kappa shape index (κ3) is 1.55. The van der Waals surface area contributed by atoms with Gasteiger partial charge in [0, 0.05) is 17.6 Å². The first-order valence-corrected chi connectivity index (χ1v) is 6.39. The molecular weight excluding hydrogens is 194 g/mol. The maximum Gasteiger partial charge on any atom is 0.0374 e. The van der Waals surface area contributed by atoms with Crippen molar-refractivity contribution in [1.29, 1.82) is 0 Å². The van der Waals surface area contributed by atoms with Crippen molar-refractivity contribution in [3.8, 4) is 0 Å². The maximum atomic E-state index is 3.72. The van der Waals surface area contributed by atoms with Crippen LogP contribution in [0.1, 0.15) is 25.3 Å². The molecule has 0 aliphatic heterocycles. The van der Waals surface area contributed by atoms with E-state index in [1.54, 1.807) is 0 Å². The van der Waals surface area contributed by atoms with Crippen LogP contribution in [0.4, 0.5) is 5.69 Å². The van der Waals surface area contributed by atoms with Gasteiger partial charge >= 0.3 is 0 Å². The lowest BCUT2D eigenvalue weighted by Crippen LogP contribution is -2.43. The van der Waals surface area contributed by atoms with Gasteiger partial charge in [0.2, 0.25) is 0 Å². The van der Waals surface area contributed by atoms with Crippen molar-refractivity contribution in [2.24, 2.45) is 11.8 Å². The van der Waals surface area contributed by atoms with Crippen LogP contribution in [-0.4, -0.2) is 6.04 Å². The summed E-state index contributed by atoms with van der Waals surface area (Å²) in [6.45, 7) is 2.22. The van der Waals surface area contributed by atoms with E-state index in [1.807, 2.05) is 0 Å². The Hall–Kier alpha value is -1.24. The zero-order valence-corrected chi connectivity index (χ0v) is 9.82. The molecule has 1 fully saturated rings. The van der Waals surface area contributed by atoms with Gasteiger partial charge in [-0.2, -0.15) is 0 Å². The summed E-state index contributed by atoms with van der Waals surface area (Å²) in [4.78, 5) is 0. The second-order valence-electron chi connectivity index (χ2n) is 5.00. The molecule has 0 spiro atoms. The number of hydrogen-bond donors (Lipinski definition) is 1. The molecule has 3 atom stereocenters. The Kier molecular flexibility index (Phi) is 2.47. The molecule has 0 heterocycles. The molecule has 0 amide bonds. The molecule has 3 unspecified atom stereocenters. The molecule has 1 aromatic carbocycles. The van der Waals surface area contributed by atoms with E-state index >= 15 is 0 Å². The summed E-state index contributed by atoms with van der Waals surface area (Å²) >= 11 is 0. The molecule has 3 rings (SSSR count). The van der Waals surface area contributed by atoms with E-state index in [4.69, 9.17) is 0 Å². The van der Waals surface area contributed by atoms with Crippen LogP contribution in [0.15, 0.2) is 36.4 Å². The Morgan fingerprint density at radius 2 is 2.19 bits per heavy atom. The lowest BCUT2D eigenvalue weighted by molar-refractivity contribution is 0.218. The monoisotopic (exact) mass is 213 g/mol. The number of nitrogens with one attached hydrogen (secondary N) is 1. The van der Waals surface area contributed by atoms with Crippen molar-refractivity contribution in [1.82, 2.24) is 0 Å². The summed E-state index contributed by atoms with van der Waals surface area (Å²) < 4.78 is 0. The van der Waals surface area contributed by atoms with Crippen molar-refractivity contribution >= 4 is 5.69 Å². The Labute approximate surface area is 97.6 Å². The number of aryl methyl sites for hydroxylation is 1. The molecule has 1 heteroatoms. The van der Waals surface area contributed by atoms with Crippen LogP contribution in [0, 0.1) is 11.8 Å². The van der Waals surface area contributed by atoms with Gasteiger partial charge in [0.15, 0.2) is 0 Å². The fourth-order valence-corrected chi connectivity index (χ4v) is 3.05. The van der Waals surface area contributed by atoms with Crippen LogP contribution in [-0.2, 0) is 6.42 Å². The van der Waals surface area contributed by atoms with Crippen LogP contribution in [0.3, 0.4) is 0 Å². The average Bonchev–Trinajstić information content (AvgIpc) is 2.68. The van der Waals surface area contributed by atoms with E-state index in [0.29, 0.717) is 6.04 Å². The highest BCUT2D eigenvalue weighted by Gasteiger charge is 2.40. The van der Waals surface area contributed by atoms with Crippen molar-refractivity contribution in [3.63, 3.8) is 0 Å². The third-order valence-electron chi connectivity index (χ3n) is 4.10. The average molecular weight is 213 g/mol. The summed E-state index contributed by atoms with van der Waals surface area (Å²) in [5, 5.41) is 3.72. The predicted octanol–water partition coefficient (Wildman–Crippen LogP) is 3.63. The number of hydrogen-bond acceptors (Lipinski definition) is 1. The van der Waals surface area contributed by atoms with Gasteiger partial charge in [-0.1, -0.05) is 37.3 Å². The minimum absolute atomic E-state index is 0.677. The number of para-hydroxylation sites is 1. The molecule has 16 heavy (non-hydrogen) atoms. The minimum Gasteiger partial charge on any atom is -0.381 e. The van der Waals surface area contributed by atoms with Crippen LogP contribution in [0.5, 0.6) is 0 Å². The molecule has 1 nitrogen and oxygen atoms in total. The van der Waals surface area contributed by atoms with Gasteiger partial charge in [0.25, 0.3) is 0 Å². The summed E-state index contributed by atoms with van der Waals surface area (Å²) in [5.41, 5.74) is 2.78. The molecule has 1 saturated carbocycles. The van der Waals surface area contributed by atoms with E-state index < -0.39 is 0 Å². The van der Waals surface area contributed by atoms with Crippen molar-refractivity contribution in [2.45, 2.75) is 32.2 Å². The molecular formula is C15H19N. The lowest BCUT2D eigenvalue weighted by Gasteiger charge is -2.41. The van der Waals surface area contributed by atoms with E-state index in [2.05, 4.69) is 48.7 Å². The molecule has 0 radical (unpaired) electrons. The van der Waals surface area contributed by atoms with E-state index in [-0.39, 0.29) is 0 Å².